The van der Waals surface area contributed by atoms with Gasteiger partial charge in [-0.05, 0) is 19.1 Å². The van der Waals surface area contributed by atoms with Crippen molar-refractivity contribution in [2.24, 2.45) is 5.73 Å². The van der Waals surface area contributed by atoms with Crippen LogP contribution in [0, 0.1) is 0 Å². The number of rotatable bonds is 2. The van der Waals surface area contributed by atoms with Crippen molar-refractivity contribution in [3.63, 3.8) is 0 Å². The number of aromatic nitrogens is 2. The number of halogens is 2. The summed E-state index contributed by atoms with van der Waals surface area (Å²) in [6.07, 6.45) is 1.47. The molecule has 0 aliphatic rings. The molecule has 1 unspecified atom stereocenters. The summed E-state index contributed by atoms with van der Waals surface area (Å²) in [5, 5.41) is 0. The van der Waals surface area contributed by atoms with Gasteiger partial charge in [-0.2, -0.15) is 8.78 Å². The van der Waals surface area contributed by atoms with E-state index in [2.05, 4.69) is 9.97 Å². The van der Waals surface area contributed by atoms with E-state index in [9.17, 15) is 8.78 Å². The molecule has 1 aromatic heterocycles. The molecule has 3 nitrogen and oxygen atoms in total. The molecular formula is C10H11F2N3. The lowest BCUT2D eigenvalue weighted by Gasteiger charge is -2.20. The molecule has 0 spiro atoms. The predicted octanol–water partition coefficient (Wildman–Crippen LogP) is 2.00. The molecule has 1 aromatic carbocycles. The topological polar surface area (TPSA) is 54.7 Å². The van der Waals surface area contributed by atoms with E-state index in [1.165, 1.54) is 25.4 Å². The Bertz CT molecular complexity index is 476. The second-order valence-electron chi connectivity index (χ2n) is 3.55. The van der Waals surface area contributed by atoms with Crippen molar-refractivity contribution < 1.29 is 8.78 Å². The number of nitrogens with two attached hydrogens (primary N) is 1. The first kappa shape index (κ1) is 10.0. The van der Waals surface area contributed by atoms with E-state index in [4.69, 9.17) is 5.73 Å². The van der Waals surface area contributed by atoms with Crippen LogP contribution < -0.4 is 5.73 Å². The van der Waals surface area contributed by atoms with Crippen LogP contribution in [0.5, 0.6) is 0 Å². The Kier molecular flexibility index (Phi) is 2.19. The second kappa shape index (κ2) is 3.27. The van der Waals surface area contributed by atoms with Gasteiger partial charge < -0.3 is 10.7 Å². The van der Waals surface area contributed by atoms with Gasteiger partial charge in [0.15, 0.2) is 0 Å². The summed E-state index contributed by atoms with van der Waals surface area (Å²) >= 11 is 0. The number of H-pyrrole nitrogens is 1. The van der Waals surface area contributed by atoms with Gasteiger partial charge in [-0.25, -0.2) is 4.98 Å². The first-order valence-corrected chi connectivity index (χ1v) is 4.59. The molecule has 15 heavy (non-hydrogen) atoms. The summed E-state index contributed by atoms with van der Waals surface area (Å²) in [7, 11) is 0. The largest absolute Gasteiger partial charge is 0.345 e. The van der Waals surface area contributed by atoms with Gasteiger partial charge in [0, 0.05) is 5.56 Å². The SMILES string of the molecule is CC(N)C(F)(F)c1ccc2nc[nH]c2c1. The molecule has 0 saturated carbocycles. The number of fused-ring (bicyclic) bond motifs is 1. The molecule has 3 N–H and O–H groups in total. The third-order valence-corrected chi connectivity index (χ3v) is 2.38. The van der Waals surface area contributed by atoms with Gasteiger partial charge in [0.05, 0.1) is 23.4 Å². The van der Waals surface area contributed by atoms with Crippen molar-refractivity contribution in [3.8, 4) is 0 Å². The summed E-state index contributed by atoms with van der Waals surface area (Å²) in [5.74, 6) is -3.01. The number of imidazole rings is 1. The average molecular weight is 211 g/mol. The van der Waals surface area contributed by atoms with Crippen molar-refractivity contribution in [2.75, 3.05) is 0 Å². The highest BCUT2D eigenvalue weighted by Crippen LogP contribution is 2.31. The van der Waals surface area contributed by atoms with Crippen LogP contribution in [0.3, 0.4) is 0 Å². The Morgan fingerprint density at radius 2 is 2.20 bits per heavy atom. The van der Waals surface area contributed by atoms with E-state index < -0.39 is 12.0 Å². The molecular weight excluding hydrogens is 200 g/mol. The van der Waals surface area contributed by atoms with Crippen LogP contribution in [0.1, 0.15) is 12.5 Å². The fraction of sp³-hybridized carbons (Fsp3) is 0.300. The van der Waals surface area contributed by atoms with Gasteiger partial charge in [-0.15, -0.1) is 0 Å². The Morgan fingerprint density at radius 3 is 2.87 bits per heavy atom. The predicted molar refractivity (Wildman–Crippen MR) is 53.6 cm³/mol. The number of hydrogen-bond acceptors (Lipinski definition) is 2. The normalized spacial score (nSPS) is 14.4. The van der Waals surface area contributed by atoms with Crippen LogP contribution in [-0.2, 0) is 5.92 Å². The van der Waals surface area contributed by atoms with Gasteiger partial charge in [0.25, 0.3) is 5.92 Å². The monoisotopic (exact) mass is 211 g/mol. The number of benzene rings is 1. The van der Waals surface area contributed by atoms with Gasteiger partial charge in [0.2, 0.25) is 0 Å². The van der Waals surface area contributed by atoms with Gasteiger partial charge in [0.1, 0.15) is 0 Å². The van der Waals surface area contributed by atoms with E-state index >= 15 is 0 Å². The maximum atomic E-state index is 13.6. The smallest absolute Gasteiger partial charge is 0.287 e. The van der Waals surface area contributed by atoms with Crippen molar-refractivity contribution in [1.29, 1.82) is 0 Å². The van der Waals surface area contributed by atoms with Crippen molar-refractivity contribution in [3.05, 3.63) is 30.1 Å². The second-order valence-corrected chi connectivity index (χ2v) is 3.55. The molecule has 1 atom stereocenters. The lowest BCUT2D eigenvalue weighted by Crippen LogP contribution is -2.35. The van der Waals surface area contributed by atoms with Crippen LogP contribution in [0.4, 0.5) is 8.78 Å². The number of nitrogens with one attached hydrogen (secondary N) is 1. The first-order chi connectivity index (χ1) is 7.01. The molecule has 2 aromatic rings. The first-order valence-electron chi connectivity index (χ1n) is 4.59. The molecule has 0 amide bonds. The zero-order chi connectivity index (χ0) is 11.1. The number of hydrogen-bond donors (Lipinski definition) is 2. The minimum Gasteiger partial charge on any atom is -0.345 e. The van der Waals surface area contributed by atoms with E-state index in [1.54, 1.807) is 6.07 Å². The van der Waals surface area contributed by atoms with E-state index in [0.29, 0.717) is 11.0 Å². The zero-order valence-corrected chi connectivity index (χ0v) is 8.17. The quantitative estimate of drug-likeness (QED) is 0.798. The van der Waals surface area contributed by atoms with Crippen LogP contribution >= 0.6 is 0 Å². The number of alkyl halides is 2. The number of aromatic amines is 1. The summed E-state index contributed by atoms with van der Waals surface area (Å²) in [5.41, 5.74) is 6.41. The summed E-state index contributed by atoms with van der Waals surface area (Å²) < 4.78 is 27.1. The third-order valence-electron chi connectivity index (χ3n) is 2.38. The highest BCUT2D eigenvalue weighted by atomic mass is 19.3. The summed E-state index contributed by atoms with van der Waals surface area (Å²) in [6, 6.07) is 3.08. The van der Waals surface area contributed by atoms with Crippen LogP contribution in [0.15, 0.2) is 24.5 Å². The molecule has 5 heteroatoms. The lowest BCUT2D eigenvalue weighted by molar-refractivity contribution is -0.0255. The fourth-order valence-electron chi connectivity index (χ4n) is 1.41. The van der Waals surface area contributed by atoms with Gasteiger partial charge in [-0.3, -0.25) is 0 Å². The van der Waals surface area contributed by atoms with E-state index in [0.717, 1.165) is 0 Å². The number of nitrogens with zero attached hydrogens (tertiary/aromatic N) is 1. The Hall–Kier alpha value is -1.49. The molecule has 0 bridgehead atoms. The highest BCUT2D eigenvalue weighted by Gasteiger charge is 2.36. The van der Waals surface area contributed by atoms with Crippen LogP contribution in [0.25, 0.3) is 11.0 Å². The molecule has 1 heterocycles. The molecule has 0 radical (unpaired) electrons. The van der Waals surface area contributed by atoms with Crippen molar-refractivity contribution >= 4 is 11.0 Å². The Balaban J connectivity index is 2.52. The molecule has 0 aliphatic heterocycles. The maximum Gasteiger partial charge on any atom is 0.287 e. The summed E-state index contributed by atoms with van der Waals surface area (Å²) in [4.78, 5) is 6.74. The Morgan fingerprint density at radius 1 is 1.47 bits per heavy atom. The van der Waals surface area contributed by atoms with Crippen molar-refractivity contribution in [2.45, 2.75) is 18.9 Å². The van der Waals surface area contributed by atoms with Gasteiger partial charge >= 0.3 is 0 Å². The molecule has 80 valence electrons. The van der Waals surface area contributed by atoms with E-state index in [1.807, 2.05) is 0 Å². The van der Waals surface area contributed by atoms with Crippen molar-refractivity contribution in [1.82, 2.24) is 9.97 Å². The van der Waals surface area contributed by atoms with Gasteiger partial charge in [-0.1, -0.05) is 6.07 Å². The lowest BCUT2D eigenvalue weighted by atomic mass is 10.0. The molecule has 0 fully saturated rings. The highest BCUT2D eigenvalue weighted by molar-refractivity contribution is 5.75. The van der Waals surface area contributed by atoms with E-state index in [-0.39, 0.29) is 5.56 Å². The third kappa shape index (κ3) is 1.59. The zero-order valence-electron chi connectivity index (χ0n) is 8.17. The van der Waals surface area contributed by atoms with Crippen LogP contribution in [0.2, 0.25) is 0 Å². The summed E-state index contributed by atoms with van der Waals surface area (Å²) in [6.45, 7) is 1.29. The fourth-order valence-corrected chi connectivity index (χ4v) is 1.41. The minimum absolute atomic E-state index is 0.0887. The maximum absolute atomic E-state index is 13.6. The van der Waals surface area contributed by atoms with Crippen LogP contribution in [-0.4, -0.2) is 16.0 Å². The minimum atomic E-state index is -3.01. The molecule has 2 rings (SSSR count). The standard InChI is InChI=1S/C10H11F2N3/c1-6(13)10(11,12)7-2-3-8-9(4-7)15-5-14-8/h2-6H,13H2,1H3,(H,14,15). The molecule has 0 aliphatic carbocycles. The molecule has 0 saturated heterocycles. The Labute approximate surface area is 85.3 Å². The average Bonchev–Trinajstić information content (AvgIpc) is 2.63.